The summed E-state index contributed by atoms with van der Waals surface area (Å²) in [6.07, 6.45) is 0.268. The number of hydrogen-bond donors (Lipinski definition) is 0. The third-order valence-electron chi connectivity index (χ3n) is 3.49. The van der Waals surface area contributed by atoms with Gasteiger partial charge in [-0.1, -0.05) is 18.2 Å². The van der Waals surface area contributed by atoms with Gasteiger partial charge in [0.05, 0.1) is 5.97 Å². The van der Waals surface area contributed by atoms with Gasteiger partial charge in [-0.15, -0.1) is 0 Å². The standard InChI is InChI=1S/C13H11NO5/c15-11-8-4-2-1-3-7(8)5-9-13(18)19-6-10(12(16)17)14(9)11/h1-4,9-10H,5-6H2,(H,16,17)/p-1/t9-,10-/m0/s1. The molecule has 2 aliphatic heterocycles. The van der Waals surface area contributed by atoms with E-state index in [0.717, 1.165) is 10.5 Å². The Labute approximate surface area is 108 Å². The van der Waals surface area contributed by atoms with Crippen LogP contribution < -0.4 is 5.11 Å². The number of ether oxygens (including phenoxy) is 1. The van der Waals surface area contributed by atoms with E-state index in [-0.39, 0.29) is 13.0 Å². The zero-order valence-corrected chi connectivity index (χ0v) is 9.87. The molecule has 6 nitrogen and oxygen atoms in total. The number of morpholine rings is 1. The molecule has 98 valence electrons. The summed E-state index contributed by atoms with van der Waals surface area (Å²) in [6.45, 7) is -0.356. The minimum atomic E-state index is -1.41. The number of carboxylic acids is 1. The van der Waals surface area contributed by atoms with Gasteiger partial charge in [0.1, 0.15) is 18.7 Å². The van der Waals surface area contributed by atoms with Crippen molar-refractivity contribution in [2.45, 2.75) is 18.5 Å². The fourth-order valence-electron chi connectivity index (χ4n) is 2.57. The molecule has 0 saturated carbocycles. The predicted molar refractivity (Wildman–Crippen MR) is 59.9 cm³/mol. The molecule has 1 aromatic carbocycles. The van der Waals surface area contributed by atoms with Crippen LogP contribution in [0.25, 0.3) is 0 Å². The first-order valence-corrected chi connectivity index (χ1v) is 5.87. The van der Waals surface area contributed by atoms with Crippen molar-refractivity contribution in [3.63, 3.8) is 0 Å². The van der Waals surface area contributed by atoms with Crippen molar-refractivity contribution >= 4 is 17.8 Å². The molecular formula is C13H10NO5-. The van der Waals surface area contributed by atoms with Crippen LogP contribution in [0.15, 0.2) is 24.3 Å². The molecule has 1 amide bonds. The molecule has 2 aliphatic rings. The summed E-state index contributed by atoms with van der Waals surface area (Å²) in [5, 5.41) is 11.1. The van der Waals surface area contributed by atoms with Crippen LogP contribution in [0, 0.1) is 0 Å². The molecule has 0 N–H and O–H groups in total. The van der Waals surface area contributed by atoms with Crippen LogP contribution in [0.5, 0.6) is 0 Å². The summed E-state index contributed by atoms with van der Waals surface area (Å²) in [5.74, 6) is -2.44. The molecule has 1 fully saturated rings. The van der Waals surface area contributed by atoms with Gasteiger partial charge in [0.25, 0.3) is 5.91 Å². The molecule has 6 heteroatoms. The van der Waals surface area contributed by atoms with Gasteiger partial charge in [0.2, 0.25) is 0 Å². The Hall–Kier alpha value is -2.37. The maximum absolute atomic E-state index is 12.3. The van der Waals surface area contributed by atoms with Gasteiger partial charge in [-0.25, -0.2) is 4.79 Å². The lowest BCUT2D eigenvalue weighted by Gasteiger charge is -2.43. The maximum Gasteiger partial charge on any atom is 0.329 e. The van der Waals surface area contributed by atoms with Crippen LogP contribution in [0.4, 0.5) is 0 Å². The molecular weight excluding hydrogens is 250 g/mol. The summed E-state index contributed by atoms with van der Waals surface area (Å²) in [6, 6.07) is 4.75. The molecule has 0 radical (unpaired) electrons. The summed E-state index contributed by atoms with van der Waals surface area (Å²) >= 11 is 0. The molecule has 1 aromatic rings. The summed E-state index contributed by atoms with van der Waals surface area (Å²) in [4.78, 5) is 36.2. The number of carbonyl (C=O) groups is 3. The Balaban J connectivity index is 2.08. The van der Waals surface area contributed by atoms with Gasteiger partial charge in [0, 0.05) is 12.0 Å². The molecule has 19 heavy (non-hydrogen) atoms. The molecule has 0 unspecified atom stereocenters. The number of esters is 1. The van der Waals surface area contributed by atoms with E-state index in [1.807, 2.05) is 0 Å². The Bertz CT molecular complexity index is 582. The molecule has 2 atom stereocenters. The van der Waals surface area contributed by atoms with Crippen molar-refractivity contribution in [3.05, 3.63) is 35.4 Å². The van der Waals surface area contributed by atoms with Crippen LogP contribution in [0.2, 0.25) is 0 Å². The summed E-state index contributed by atoms with van der Waals surface area (Å²) in [5.41, 5.74) is 1.16. The van der Waals surface area contributed by atoms with E-state index >= 15 is 0 Å². The number of amides is 1. The fourth-order valence-corrected chi connectivity index (χ4v) is 2.57. The highest BCUT2D eigenvalue weighted by Crippen LogP contribution is 2.28. The van der Waals surface area contributed by atoms with E-state index in [0.29, 0.717) is 5.56 Å². The van der Waals surface area contributed by atoms with E-state index in [9.17, 15) is 19.5 Å². The van der Waals surface area contributed by atoms with Crippen LogP contribution in [0.1, 0.15) is 15.9 Å². The molecule has 3 rings (SSSR count). The van der Waals surface area contributed by atoms with Gasteiger partial charge in [0.15, 0.2) is 0 Å². The number of fused-ring (bicyclic) bond motifs is 2. The van der Waals surface area contributed by atoms with Crippen molar-refractivity contribution < 1.29 is 24.2 Å². The lowest BCUT2D eigenvalue weighted by molar-refractivity contribution is -0.313. The van der Waals surface area contributed by atoms with Crippen LogP contribution in [0.3, 0.4) is 0 Å². The minimum Gasteiger partial charge on any atom is -0.548 e. The van der Waals surface area contributed by atoms with Crippen molar-refractivity contribution in [1.29, 1.82) is 0 Å². The average molecular weight is 260 g/mol. The largest absolute Gasteiger partial charge is 0.548 e. The number of nitrogens with zero attached hydrogens (tertiary/aromatic N) is 1. The normalized spacial score (nSPS) is 25.4. The number of rotatable bonds is 1. The highest BCUT2D eigenvalue weighted by molar-refractivity contribution is 6.02. The third-order valence-corrected chi connectivity index (χ3v) is 3.49. The van der Waals surface area contributed by atoms with Gasteiger partial charge in [-0.2, -0.15) is 0 Å². The van der Waals surface area contributed by atoms with Crippen molar-refractivity contribution in [3.8, 4) is 0 Å². The van der Waals surface area contributed by atoms with Crippen molar-refractivity contribution in [2.24, 2.45) is 0 Å². The van der Waals surface area contributed by atoms with Crippen molar-refractivity contribution in [1.82, 2.24) is 4.90 Å². The highest BCUT2D eigenvalue weighted by Gasteiger charge is 2.45. The first-order chi connectivity index (χ1) is 9.09. The molecule has 1 saturated heterocycles. The molecule has 0 aliphatic carbocycles. The fraction of sp³-hybridized carbons (Fsp3) is 0.308. The Morgan fingerprint density at radius 1 is 1.32 bits per heavy atom. The number of cyclic esters (lactones) is 1. The number of aliphatic carboxylic acids is 1. The summed E-state index contributed by atoms with van der Waals surface area (Å²) in [7, 11) is 0. The third kappa shape index (κ3) is 1.68. The van der Waals surface area contributed by atoms with E-state index in [1.165, 1.54) is 0 Å². The van der Waals surface area contributed by atoms with Crippen molar-refractivity contribution in [2.75, 3.05) is 6.61 Å². The quantitative estimate of drug-likeness (QED) is 0.587. The average Bonchev–Trinajstić information content (AvgIpc) is 2.40. The van der Waals surface area contributed by atoms with Gasteiger partial charge < -0.3 is 19.5 Å². The Morgan fingerprint density at radius 3 is 2.79 bits per heavy atom. The lowest BCUT2D eigenvalue weighted by Crippen LogP contribution is -2.64. The maximum atomic E-state index is 12.3. The van der Waals surface area contributed by atoms with E-state index in [1.54, 1.807) is 24.3 Å². The zero-order chi connectivity index (χ0) is 13.6. The predicted octanol–water partition coefficient (Wildman–Crippen LogP) is -1.27. The number of carbonyl (C=O) groups excluding carboxylic acids is 3. The van der Waals surface area contributed by atoms with Gasteiger partial charge in [-0.3, -0.25) is 4.79 Å². The van der Waals surface area contributed by atoms with Crippen LogP contribution >= 0.6 is 0 Å². The zero-order valence-electron chi connectivity index (χ0n) is 9.87. The van der Waals surface area contributed by atoms with Gasteiger partial charge >= 0.3 is 5.97 Å². The molecule has 0 spiro atoms. The number of carboxylic acid groups (broad SMARTS) is 1. The molecule has 0 aromatic heterocycles. The second-order valence-electron chi connectivity index (χ2n) is 4.55. The number of hydrogen-bond acceptors (Lipinski definition) is 5. The monoisotopic (exact) mass is 260 g/mol. The first kappa shape index (κ1) is 11.7. The number of benzene rings is 1. The second kappa shape index (κ2) is 4.08. The second-order valence-corrected chi connectivity index (χ2v) is 4.55. The SMILES string of the molecule is O=C([O-])[C@@H]1COC(=O)[C@@H]2Cc3ccccc3C(=O)N12. The van der Waals surface area contributed by atoms with Gasteiger partial charge in [-0.05, 0) is 11.6 Å². The van der Waals surface area contributed by atoms with E-state index in [2.05, 4.69) is 0 Å². The highest BCUT2D eigenvalue weighted by atomic mass is 16.5. The van der Waals surface area contributed by atoms with Crippen LogP contribution in [-0.2, 0) is 20.7 Å². The Kier molecular flexibility index (Phi) is 2.51. The van der Waals surface area contributed by atoms with Crippen LogP contribution in [-0.4, -0.2) is 41.4 Å². The smallest absolute Gasteiger partial charge is 0.329 e. The lowest BCUT2D eigenvalue weighted by atomic mass is 9.91. The topological polar surface area (TPSA) is 86.7 Å². The van der Waals surface area contributed by atoms with E-state index in [4.69, 9.17) is 4.74 Å². The first-order valence-electron chi connectivity index (χ1n) is 5.87. The minimum absolute atomic E-state index is 0.268. The molecule has 0 bridgehead atoms. The Morgan fingerprint density at radius 2 is 2.05 bits per heavy atom. The molecule has 2 heterocycles. The summed E-state index contributed by atoms with van der Waals surface area (Å²) < 4.78 is 4.83. The van der Waals surface area contributed by atoms with E-state index < -0.39 is 29.9 Å².